The van der Waals surface area contributed by atoms with Crippen molar-refractivity contribution in [2.45, 2.75) is 91.5 Å². The van der Waals surface area contributed by atoms with E-state index in [4.69, 9.17) is 0 Å². The van der Waals surface area contributed by atoms with Crippen molar-refractivity contribution in [2.75, 3.05) is 26.2 Å². The van der Waals surface area contributed by atoms with Crippen LogP contribution in [0.5, 0.6) is 0 Å². The standard InChI is InChI=1S/C23H42N2O2/c1-18(2)8-6-5-7-9-22(26)25-16-12-21(13-17-25)24-14-10-20(11-15-24)23(27)19(3)4/h18-21H,5-17H2,1-4H3. The first-order valence-corrected chi connectivity index (χ1v) is 11.4. The van der Waals surface area contributed by atoms with Gasteiger partial charge in [-0.2, -0.15) is 0 Å². The van der Waals surface area contributed by atoms with Gasteiger partial charge in [0.15, 0.2) is 0 Å². The Morgan fingerprint density at radius 3 is 2.04 bits per heavy atom. The molecule has 0 spiro atoms. The molecular weight excluding hydrogens is 336 g/mol. The molecule has 2 saturated heterocycles. The van der Waals surface area contributed by atoms with Gasteiger partial charge in [0.2, 0.25) is 5.91 Å². The topological polar surface area (TPSA) is 40.6 Å². The summed E-state index contributed by atoms with van der Waals surface area (Å²) < 4.78 is 0. The molecule has 156 valence electrons. The van der Waals surface area contributed by atoms with Crippen molar-refractivity contribution in [3.8, 4) is 0 Å². The number of likely N-dealkylation sites (tertiary alicyclic amines) is 2. The Hall–Kier alpha value is -0.900. The number of rotatable bonds is 9. The van der Waals surface area contributed by atoms with Crippen LogP contribution in [0.25, 0.3) is 0 Å². The van der Waals surface area contributed by atoms with Crippen LogP contribution < -0.4 is 0 Å². The molecule has 1 amide bonds. The molecule has 4 nitrogen and oxygen atoms in total. The van der Waals surface area contributed by atoms with Crippen molar-refractivity contribution in [3.63, 3.8) is 0 Å². The van der Waals surface area contributed by atoms with Crippen molar-refractivity contribution < 1.29 is 9.59 Å². The van der Waals surface area contributed by atoms with Gasteiger partial charge in [0, 0.05) is 37.4 Å². The summed E-state index contributed by atoms with van der Waals surface area (Å²) in [6, 6.07) is 0.607. The number of hydrogen-bond acceptors (Lipinski definition) is 3. The second-order valence-electron chi connectivity index (χ2n) is 9.47. The number of amides is 1. The highest BCUT2D eigenvalue weighted by molar-refractivity contribution is 5.82. The molecule has 0 aromatic heterocycles. The SMILES string of the molecule is CC(C)CCCCCC(=O)N1CCC(N2CCC(C(=O)C(C)C)CC2)CC1. The first-order valence-electron chi connectivity index (χ1n) is 11.4. The van der Waals surface area contributed by atoms with Crippen LogP contribution in [0.2, 0.25) is 0 Å². The molecule has 0 unspecified atom stereocenters. The van der Waals surface area contributed by atoms with Gasteiger partial charge in [-0.15, -0.1) is 0 Å². The molecule has 2 rings (SSSR count). The van der Waals surface area contributed by atoms with E-state index in [0.29, 0.717) is 17.7 Å². The average molecular weight is 379 g/mol. The Bertz CT molecular complexity index is 459. The van der Waals surface area contributed by atoms with E-state index in [-0.39, 0.29) is 11.8 Å². The lowest BCUT2D eigenvalue weighted by Gasteiger charge is -2.41. The van der Waals surface area contributed by atoms with Crippen molar-refractivity contribution >= 4 is 11.7 Å². The summed E-state index contributed by atoms with van der Waals surface area (Å²) in [6.45, 7) is 12.5. The van der Waals surface area contributed by atoms with E-state index in [0.717, 1.165) is 70.6 Å². The van der Waals surface area contributed by atoms with Gasteiger partial charge in [0.25, 0.3) is 0 Å². The molecule has 2 aliphatic heterocycles. The lowest BCUT2D eigenvalue weighted by molar-refractivity contribution is -0.133. The Labute approximate surface area is 167 Å². The number of unbranched alkanes of at least 4 members (excludes halogenated alkanes) is 2. The number of nitrogens with zero attached hydrogens (tertiary/aromatic N) is 2. The number of Topliss-reactive ketones (excluding diaryl/α,β-unsaturated/α-hetero) is 1. The molecular formula is C23H42N2O2. The van der Waals surface area contributed by atoms with Gasteiger partial charge in [-0.25, -0.2) is 0 Å². The summed E-state index contributed by atoms with van der Waals surface area (Å²) in [5, 5.41) is 0. The third-order valence-electron chi connectivity index (χ3n) is 6.51. The van der Waals surface area contributed by atoms with Gasteiger partial charge in [0.05, 0.1) is 0 Å². The molecule has 2 heterocycles. The zero-order valence-electron chi connectivity index (χ0n) is 18.2. The number of ketones is 1. The van der Waals surface area contributed by atoms with Crippen molar-refractivity contribution in [1.29, 1.82) is 0 Å². The lowest BCUT2D eigenvalue weighted by atomic mass is 9.86. The molecule has 0 aliphatic carbocycles. The van der Waals surface area contributed by atoms with Crippen LogP contribution in [0, 0.1) is 17.8 Å². The second kappa shape index (κ2) is 11.2. The first kappa shape index (κ1) is 22.4. The van der Waals surface area contributed by atoms with Crippen LogP contribution in [-0.4, -0.2) is 53.7 Å². The minimum absolute atomic E-state index is 0.168. The smallest absolute Gasteiger partial charge is 0.222 e. The monoisotopic (exact) mass is 378 g/mol. The van der Waals surface area contributed by atoms with Gasteiger partial charge in [-0.05, 0) is 51.1 Å². The predicted octanol–water partition coefficient (Wildman–Crippen LogP) is 4.52. The van der Waals surface area contributed by atoms with E-state index < -0.39 is 0 Å². The summed E-state index contributed by atoms with van der Waals surface area (Å²) in [4.78, 5) is 29.3. The fourth-order valence-corrected chi connectivity index (χ4v) is 4.66. The van der Waals surface area contributed by atoms with E-state index in [1.807, 2.05) is 13.8 Å². The summed E-state index contributed by atoms with van der Waals surface area (Å²) in [5.74, 6) is 2.02. The third kappa shape index (κ3) is 7.21. The Morgan fingerprint density at radius 1 is 0.852 bits per heavy atom. The van der Waals surface area contributed by atoms with Crippen LogP contribution in [0.15, 0.2) is 0 Å². The van der Waals surface area contributed by atoms with Crippen LogP contribution in [0.1, 0.15) is 85.5 Å². The predicted molar refractivity (Wildman–Crippen MR) is 112 cm³/mol. The summed E-state index contributed by atoms with van der Waals surface area (Å²) in [7, 11) is 0. The maximum Gasteiger partial charge on any atom is 0.222 e. The number of piperidine rings is 2. The maximum atomic E-state index is 12.4. The fraction of sp³-hybridized carbons (Fsp3) is 0.913. The molecule has 0 bridgehead atoms. The van der Waals surface area contributed by atoms with Crippen LogP contribution in [0.3, 0.4) is 0 Å². The molecule has 0 aromatic rings. The number of hydrogen-bond donors (Lipinski definition) is 0. The van der Waals surface area contributed by atoms with E-state index in [2.05, 4.69) is 23.6 Å². The van der Waals surface area contributed by atoms with E-state index >= 15 is 0 Å². The van der Waals surface area contributed by atoms with Gasteiger partial charge < -0.3 is 9.80 Å². The third-order valence-corrected chi connectivity index (χ3v) is 6.51. The minimum Gasteiger partial charge on any atom is -0.343 e. The Balaban J connectivity index is 1.62. The molecule has 2 aliphatic rings. The van der Waals surface area contributed by atoms with E-state index in [1.54, 1.807) is 0 Å². The maximum absolute atomic E-state index is 12.4. The van der Waals surface area contributed by atoms with Crippen molar-refractivity contribution in [3.05, 3.63) is 0 Å². The number of carbonyl (C=O) groups is 2. The molecule has 0 aromatic carbocycles. The van der Waals surface area contributed by atoms with Crippen LogP contribution >= 0.6 is 0 Å². The molecule has 4 heteroatoms. The normalized spacial score (nSPS) is 20.6. The largest absolute Gasteiger partial charge is 0.343 e. The Morgan fingerprint density at radius 2 is 1.48 bits per heavy atom. The highest BCUT2D eigenvalue weighted by atomic mass is 16.2. The average Bonchev–Trinajstić information content (AvgIpc) is 2.67. The van der Waals surface area contributed by atoms with Crippen molar-refractivity contribution in [2.24, 2.45) is 17.8 Å². The van der Waals surface area contributed by atoms with Crippen LogP contribution in [-0.2, 0) is 9.59 Å². The Kier molecular flexibility index (Phi) is 9.28. The van der Waals surface area contributed by atoms with Gasteiger partial charge >= 0.3 is 0 Å². The summed E-state index contributed by atoms with van der Waals surface area (Å²) in [5.41, 5.74) is 0. The highest BCUT2D eigenvalue weighted by Gasteiger charge is 2.31. The molecule has 2 fully saturated rings. The summed E-state index contributed by atoms with van der Waals surface area (Å²) in [6.07, 6.45) is 9.73. The summed E-state index contributed by atoms with van der Waals surface area (Å²) >= 11 is 0. The van der Waals surface area contributed by atoms with E-state index in [9.17, 15) is 9.59 Å². The second-order valence-corrected chi connectivity index (χ2v) is 9.47. The fourth-order valence-electron chi connectivity index (χ4n) is 4.66. The van der Waals surface area contributed by atoms with Gasteiger partial charge in [-0.1, -0.05) is 47.0 Å². The van der Waals surface area contributed by atoms with Gasteiger partial charge in [0.1, 0.15) is 5.78 Å². The first-order chi connectivity index (χ1) is 12.9. The quantitative estimate of drug-likeness (QED) is 0.554. The van der Waals surface area contributed by atoms with Crippen molar-refractivity contribution in [1.82, 2.24) is 9.80 Å². The molecule has 0 radical (unpaired) electrons. The number of carbonyl (C=O) groups excluding carboxylic acids is 2. The lowest BCUT2D eigenvalue weighted by Crippen LogP contribution is -2.49. The van der Waals surface area contributed by atoms with Gasteiger partial charge in [-0.3, -0.25) is 9.59 Å². The molecule has 0 atom stereocenters. The zero-order valence-corrected chi connectivity index (χ0v) is 18.2. The minimum atomic E-state index is 0.168. The molecule has 0 N–H and O–H groups in total. The zero-order chi connectivity index (χ0) is 19.8. The van der Waals surface area contributed by atoms with E-state index in [1.165, 1.54) is 19.3 Å². The molecule has 0 saturated carbocycles. The highest BCUT2D eigenvalue weighted by Crippen LogP contribution is 2.26. The molecule has 27 heavy (non-hydrogen) atoms. The van der Waals surface area contributed by atoms with Crippen LogP contribution in [0.4, 0.5) is 0 Å².